The fourth-order valence-electron chi connectivity index (χ4n) is 1.35. The Morgan fingerprint density at radius 1 is 0.680 bits per heavy atom. The van der Waals surface area contributed by atoms with Gasteiger partial charge in [-0.15, -0.1) is 0 Å². The summed E-state index contributed by atoms with van der Waals surface area (Å²) in [6.45, 7) is 7.19. The Morgan fingerprint density at radius 3 is 1.04 bits per heavy atom. The molecule has 1 rings (SSSR count). The number of aliphatic hydroxyl groups excluding tert-OH is 3. The van der Waals surface area contributed by atoms with E-state index in [0.29, 0.717) is 19.8 Å². The predicted octanol–water partition coefficient (Wildman–Crippen LogP) is 4.28. The zero-order chi connectivity index (χ0) is 19.3. The maximum atomic E-state index is 8.07. The molecule has 3 N–H and O–H groups in total. The summed E-state index contributed by atoms with van der Waals surface area (Å²) in [5.74, 6) is 7.24. The van der Waals surface area contributed by atoms with E-state index in [1.165, 1.54) is 0 Å². The van der Waals surface area contributed by atoms with E-state index in [-0.39, 0.29) is 26.2 Å². The molecular formula is C20H43GeO3Zr-. The molecule has 0 saturated heterocycles. The van der Waals surface area contributed by atoms with Crippen molar-refractivity contribution in [1.29, 1.82) is 0 Å². The van der Waals surface area contributed by atoms with Crippen molar-refractivity contribution in [2.45, 2.75) is 76.6 Å². The van der Waals surface area contributed by atoms with Crippen LogP contribution >= 0.6 is 0 Å². The van der Waals surface area contributed by atoms with Gasteiger partial charge in [-0.3, -0.25) is 0 Å². The summed E-state index contributed by atoms with van der Waals surface area (Å²) in [6, 6.07) is 8.76. The van der Waals surface area contributed by atoms with Crippen molar-refractivity contribution in [3.05, 3.63) is 24.3 Å². The minimum absolute atomic E-state index is 0. The van der Waals surface area contributed by atoms with Gasteiger partial charge in [0, 0.05) is 46.0 Å². The van der Waals surface area contributed by atoms with Crippen molar-refractivity contribution in [3.63, 3.8) is 0 Å². The van der Waals surface area contributed by atoms with Crippen LogP contribution in [-0.4, -0.2) is 48.4 Å². The van der Waals surface area contributed by atoms with Gasteiger partial charge in [-0.25, -0.2) is 0 Å². The fraction of sp³-hybridized carbons (Fsp3) is 0.750. The molecule has 0 fully saturated rings. The first-order valence-corrected chi connectivity index (χ1v) is 16.7. The van der Waals surface area contributed by atoms with Gasteiger partial charge in [0.25, 0.3) is 0 Å². The third-order valence-electron chi connectivity index (χ3n) is 3.06. The number of rotatable bonds is 7. The molecular weight excluding hydrogens is 452 g/mol. The Balaban J connectivity index is -0.000000122. The molecule has 0 aliphatic rings. The summed E-state index contributed by atoms with van der Waals surface area (Å²) in [5.41, 5.74) is 0. The van der Waals surface area contributed by atoms with Gasteiger partial charge in [0.15, 0.2) is 0 Å². The fourth-order valence-corrected chi connectivity index (χ4v) is 3.85. The smallest absolute Gasteiger partial charge is 0 e. The first kappa shape index (κ1) is 33.3. The van der Waals surface area contributed by atoms with Crippen LogP contribution in [0, 0.1) is 0 Å². The number of hydrogen-bond donors (Lipinski definition) is 3. The minimum atomic E-state index is -1.44. The third kappa shape index (κ3) is 32.8. The molecule has 150 valence electrons. The van der Waals surface area contributed by atoms with Crippen LogP contribution in [0.4, 0.5) is 0 Å². The molecule has 0 aliphatic heterocycles. The molecule has 0 aliphatic carbocycles. The molecule has 0 bridgehead atoms. The molecule has 0 unspecified atom stereocenters. The van der Waals surface area contributed by atoms with Crippen molar-refractivity contribution in [2.75, 3.05) is 19.8 Å². The average Bonchev–Trinajstić information content (AvgIpc) is 3.06. The van der Waals surface area contributed by atoms with Crippen LogP contribution in [0.1, 0.15) is 59.3 Å². The quantitative estimate of drug-likeness (QED) is 0.391. The van der Waals surface area contributed by atoms with Crippen LogP contribution in [0.25, 0.3) is 0 Å². The van der Waals surface area contributed by atoms with Gasteiger partial charge < -0.3 is 15.3 Å². The van der Waals surface area contributed by atoms with E-state index in [1.54, 1.807) is 4.40 Å². The van der Waals surface area contributed by atoms with Crippen molar-refractivity contribution in [3.8, 4) is 0 Å². The topological polar surface area (TPSA) is 60.7 Å². The number of unbranched alkanes of at least 4 members (excludes halogenated alkanes) is 3. The number of aliphatic hydroxyl groups is 3. The summed E-state index contributed by atoms with van der Waals surface area (Å²) in [6.07, 6.45) is 6.11. The molecule has 5 heteroatoms. The van der Waals surface area contributed by atoms with Gasteiger partial charge in [0.1, 0.15) is 0 Å². The first-order valence-electron chi connectivity index (χ1n) is 9.40. The van der Waals surface area contributed by atoms with Gasteiger partial charge in [-0.2, -0.15) is 0 Å². The largest absolute Gasteiger partial charge is 0 e. The van der Waals surface area contributed by atoms with Gasteiger partial charge in [-0.1, -0.05) is 40.0 Å². The summed E-state index contributed by atoms with van der Waals surface area (Å²) in [7, 11) is 0. The molecule has 25 heavy (non-hydrogen) atoms. The monoisotopic (exact) mass is 495 g/mol. The van der Waals surface area contributed by atoms with Gasteiger partial charge in [0.05, 0.1) is 0 Å². The van der Waals surface area contributed by atoms with Gasteiger partial charge in [-0.05, 0) is 19.3 Å². The normalized spacial score (nSPS) is 9.32. The Labute approximate surface area is 179 Å². The molecule has 0 aromatic heterocycles. The van der Waals surface area contributed by atoms with Crippen LogP contribution in [0.3, 0.4) is 0 Å². The Kier molecular flexibility index (Phi) is 35.8. The maximum absolute atomic E-state index is 8.07. The van der Waals surface area contributed by atoms with Gasteiger partial charge >= 0.3 is 59.2 Å². The van der Waals surface area contributed by atoms with Gasteiger partial charge in [0.2, 0.25) is 0 Å². The van der Waals surface area contributed by atoms with Crippen LogP contribution < -0.4 is 4.40 Å². The van der Waals surface area contributed by atoms with Crippen molar-refractivity contribution in [2.24, 2.45) is 0 Å². The van der Waals surface area contributed by atoms with Crippen molar-refractivity contribution >= 4 is 17.7 Å². The molecule has 0 atom stereocenters. The molecule has 3 nitrogen and oxygen atoms in total. The van der Waals surface area contributed by atoms with Crippen LogP contribution in [-0.2, 0) is 26.2 Å². The molecule has 0 amide bonds. The first-order chi connectivity index (χ1) is 11.3. The van der Waals surface area contributed by atoms with E-state index in [4.69, 9.17) is 15.3 Å². The summed E-state index contributed by atoms with van der Waals surface area (Å²) in [5, 5.41) is 24.2. The second kappa shape index (κ2) is 26.9. The van der Waals surface area contributed by atoms with E-state index in [9.17, 15) is 0 Å². The van der Waals surface area contributed by atoms with E-state index < -0.39 is 13.3 Å². The zero-order valence-corrected chi connectivity index (χ0v) is 22.1. The molecule has 0 radical (unpaired) electrons. The summed E-state index contributed by atoms with van der Waals surface area (Å²) >= 11 is -1.44. The summed E-state index contributed by atoms with van der Waals surface area (Å²) < 4.78 is 1.61. The maximum Gasteiger partial charge on any atom is 0 e. The standard InChI is InChI=1S/C8H13Ge.3C4H10O.Zr/c1-9(2,3)8-6-4-5-7-8;3*1-2-3-4-5;/h4-7H,1-3H3;3*5H,2-4H2,1H3;/q-1;;;;. The van der Waals surface area contributed by atoms with Crippen LogP contribution in [0.5, 0.6) is 0 Å². The van der Waals surface area contributed by atoms with E-state index >= 15 is 0 Å². The Hall–Kier alpha value is 0.656. The van der Waals surface area contributed by atoms with Crippen molar-refractivity contribution in [1.82, 2.24) is 0 Å². The third-order valence-corrected chi connectivity index (χ3v) is 7.40. The van der Waals surface area contributed by atoms with E-state index in [0.717, 1.165) is 38.5 Å². The molecule has 0 heterocycles. The second-order valence-electron chi connectivity index (χ2n) is 6.66. The van der Waals surface area contributed by atoms with E-state index in [1.807, 2.05) is 0 Å². The molecule has 0 spiro atoms. The van der Waals surface area contributed by atoms with E-state index in [2.05, 4.69) is 62.3 Å². The second-order valence-corrected chi connectivity index (χ2v) is 17.3. The molecule has 1 aromatic carbocycles. The average molecular weight is 495 g/mol. The molecule has 1 aromatic rings. The Morgan fingerprint density at radius 2 is 0.960 bits per heavy atom. The zero-order valence-electron chi connectivity index (χ0n) is 17.5. The summed E-state index contributed by atoms with van der Waals surface area (Å²) in [4.78, 5) is 0. The van der Waals surface area contributed by atoms with Crippen molar-refractivity contribution < 1.29 is 41.5 Å². The van der Waals surface area contributed by atoms with Crippen LogP contribution in [0.15, 0.2) is 24.3 Å². The SMILES string of the molecule is CCCCO.CCCCO.CCCCO.[CH3][Ge]([CH3])([CH3])[c-]1cccc1.[Zr]. The Bertz CT molecular complexity index is 278. The number of hydrogen-bond acceptors (Lipinski definition) is 3. The predicted molar refractivity (Wildman–Crippen MR) is 111 cm³/mol. The van der Waals surface area contributed by atoms with Crippen LogP contribution in [0.2, 0.25) is 17.3 Å². The minimum Gasteiger partial charge on any atom is 0 e. The molecule has 0 saturated carbocycles.